The van der Waals surface area contributed by atoms with Gasteiger partial charge in [0.25, 0.3) is 0 Å². The van der Waals surface area contributed by atoms with Crippen LogP contribution >= 0.6 is 31.9 Å². The van der Waals surface area contributed by atoms with Crippen LogP contribution in [0.3, 0.4) is 0 Å². The standard InChI is InChI=1S/C14H13Br2N3O2/c1-21-12-5-3-2-4-11(12)18-14(20)19-13-9(16)6-8(15)7-10(13)17/h2-7H,17H2,1H3,(H2,18,19,20). The first-order chi connectivity index (χ1) is 10.0. The molecular weight excluding hydrogens is 402 g/mol. The normalized spacial score (nSPS) is 10.0. The molecule has 0 aliphatic heterocycles. The molecule has 0 saturated carbocycles. The summed E-state index contributed by atoms with van der Waals surface area (Å²) < 4.78 is 6.68. The number of anilines is 3. The number of nitrogen functional groups attached to an aromatic ring is 1. The number of nitrogens with two attached hydrogens (primary N) is 1. The van der Waals surface area contributed by atoms with Crippen molar-refractivity contribution in [3.63, 3.8) is 0 Å². The van der Waals surface area contributed by atoms with E-state index >= 15 is 0 Å². The molecule has 2 rings (SSSR count). The highest BCUT2D eigenvalue weighted by molar-refractivity contribution is 9.11. The Labute approximate surface area is 139 Å². The monoisotopic (exact) mass is 413 g/mol. The van der Waals surface area contributed by atoms with Gasteiger partial charge in [-0.3, -0.25) is 0 Å². The summed E-state index contributed by atoms with van der Waals surface area (Å²) in [6, 6.07) is 10.2. The summed E-state index contributed by atoms with van der Waals surface area (Å²) in [6.07, 6.45) is 0. The zero-order valence-electron chi connectivity index (χ0n) is 11.1. The molecule has 0 unspecified atom stereocenters. The van der Waals surface area contributed by atoms with Crippen molar-refractivity contribution in [1.82, 2.24) is 0 Å². The number of benzene rings is 2. The highest BCUT2D eigenvalue weighted by Gasteiger charge is 2.11. The van der Waals surface area contributed by atoms with E-state index in [9.17, 15) is 4.79 Å². The number of hydrogen-bond donors (Lipinski definition) is 3. The molecule has 0 radical (unpaired) electrons. The lowest BCUT2D eigenvalue weighted by molar-refractivity contribution is 0.262. The number of nitrogens with one attached hydrogen (secondary N) is 2. The van der Waals surface area contributed by atoms with E-state index in [1.807, 2.05) is 12.1 Å². The average Bonchev–Trinajstić information content (AvgIpc) is 2.43. The molecule has 0 saturated heterocycles. The summed E-state index contributed by atoms with van der Waals surface area (Å²) in [5, 5.41) is 5.42. The Morgan fingerprint density at radius 2 is 1.90 bits per heavy atom. The Bertz CT molecular complexity index is 654. The topological polar surface area (TPSA) is 76.4 Å². The highest BCUT2D eigenvalue weighted by atomic mass is 79.9. The van der Waals surface area contributed by atoms with Gasteiger partial charge in [0.15, 0.2) is 0 Å². The van der Waals surface area contributed by atoms with Gasteiger partial charge in [-0.05, 0) is 40.2 Å². The van der Waals surface area contributed by atoms with Crippen molar-refractivity contribution in [2.45, 2.75) is 0 Å². The van der Waals surface area contributed by atoms with Gasteiger partial charge in [-0.2, -0.15) is 0 Å². The lowest BCUT2D eigenvalue weighted by Crippen LogP contribution is -2.20. The van der Waals surface area contributed by atoms with Gasteiger partial charge >= 0.3 is 6.03 Å². The summed E-state index contributed by atoms with van der Waals surface area (Å²) >= 11 is 6.69. The zero-order chi connectivity index (χ0) is 15.4. The Kier molecular flexibility index (Phi) is 5.08. The van der Waals surface area contributed by atoms with E-state index < -0.39 is 6.03 Å². The van der Waals surface area contributed by atoms with E-state index in [1.165, 1.54) is 0 Å². The van der Waals surface area contributed by atoms with Gasteiger partial charge < -0.3 is 21.1 Å². The Hall–Kier alpha value is -1.73. The maximum absolute atomic E-state index is 12.1. The van der Waals surface area contributed by atoms with Gasteiger partial charge in [-0.15, -0.1) is 0 Å². The number of carbonyl (C=O) groups is 1. The minimum absolute atomic E-state index is 0.408. The van der Waals surface area contributed by atoms with E-state index in [1.54, 1.807) is 31.4 Å². The predicted octanol–water partition coefficient (Wildman–Crippen LogP) is 4.45. The molecule has 0 heterocycles. The smallest absolute Gasteiger partial charge is 0.323 e. The number of hydrogen-bond acceptors (Lipinski definition) is 3. The Balaban J connectivity index is 2.16. The van der Waals surface area contributed by atoms with E-state index in [-0.39, 0.29) is 0 Å². The molecule has 2 amide bonds. The molecule has 0 bridgehead atoms. The third kappa shape index (κ3) is 3.89. The van der Waals surface area contributed by atoms with E-state index in [4.69, 9.17) is 10.5 Å². The molecule has 4 N–H and O–H groups in total. The van der Waals surface area contributed by atoms with Crippen LogP contribution in [0.25, 0.3) is 0 Å². The molecule has 0 aliphatic carbocycles. The van der Waals surface area contributed by atoms with Crippen LogP contribution in [0.2, 0.25) is 0 Å². The first kappa shape index (κ1) is 15.7. The third-order valence-electron chi connectivity index (χ3n) is 2.68. The summed E-state index contributed by atoms with van der Waals surface area (Å²) in [6.45, 7) is 0. The average molecular weight is 415 g/mol. The van der Waals surface area contributed by atoms with Crippen LogP contribution < -0.4 is 21.1 Å². The van der Waals surface area contributed by atoms with Crippen molar-refractivity contribution >= 4 is 55.0 Å². The SMILES string of the molecule is COc1ccccc1NC(=O)Nc1c(N)cc(Br)cc1Br. The molecule has 2 aromatic rings. The van der Waals surface area contributed by atoms with Gasteiger partial charge in [0.05, 0.1) is 24.2 Å². The van der Waals surface area contributed by atoms with Crippen LogP contribution in [0.4, 0.5) is 21.9 Å². The van der Waals surface area contributed by atoms with Crippen molar-refractivity contribution < 1.29 is 9.53 Å². The second-order valence-corrected chi connectivity index (χ2v) is 5.90. The lowest BCUT2D eigenvalue weighted by atomic mass is 10.2. The number of methoxy groups -OCH3 is 1. The second-order valence-electron chi connectivity index (χ2n) is 4.13. The fraction of sp³-hybridized carbons (Fsp3) is 0.0714. The number of halogens is 2. The van der Waals surface area contributed by atoms with E-state index in [0.29, 0.717) is 27.3 Å². The molecule has 21 heavy (non-hydrogen) atoms. The summed E-state index contributed by atoms with van der Waals surface area (Å²) in [5.41, 5.74) is 7.42. The number of carbonyl (C=O) groups excluding carboxylic acids is 1. The van der Waals surface area contributed by atoms with Gasteiger partial charge in [0.1, 0.15) is 5.75 Å². The van der Waals surface area contributed by atoms with Gasteiger partial charge in [-0.1, -0.05) is 28.1 Å². The number of para-hydroxylation sites is 2. The molecule has 110 valence electrons. The van der Waals surface area contributed by atoms with Gasteiger partial charge in [-0.25, -0.2) is 4.79 Å². The van der Waals surface area contributed by atoms with Gasteiger partial charge in [0, 0.05) is 8.95 Å². The van der Waals surface area contributed by atoms with Crippen molar-refractivity contribution in [3.8, 4) is 5.75 Å². The van der Waals surface area contributed by atoms with E-state index in [0.717, 1.165) is 4.47 Å². The summed E-state index contributed by atoms with van der Waals surface area (Å²) in [7, 11) is 1.54. The lowest BCUT2D eigenvalue weighted by Gasteiger charge is -2.13. The van der Waals surface area contributed by atoms with E-state index in [2.05, 4.69) is 42.5 Å². The number of urea groups is 1. The van der Waals surface area contributed by atoms with Gasteiger partial charge in [0.2, 0.25) is 0 Å². The third-order valence-corrected chi connectivity index (χ3v) is 3.76. The van der Waals surface area contributed by atoms with Crippen molar-refractivity contribution in [2.75, 3.05) is 23.5 Å². The van der Waals surface area contributed by atoms with Crippen LogP contribution in [0.5, 0.6) is 5.75 Å². The van der Waals surface area contributed by atoms with Crippen LogP contribution in [-0.4, -0.2) is 13.1 Å². The predicted molar refractivity (Wildman–Crippen MR) is 91.9 cm³/mol. The summed E-state index contributed by atoms with van der Waals surface area (Å²) in [4.78, 5) is 12.1. The highest BCUT2D eigenvalue weighted by Crippen LogP contribution is 2.33. The molecule has 0 aromatic heterocycles. The molecular formula is C14H13Br2N3O2. The fourth-order valence-corrected chi connectivity index (χ4v) is 3.10. The molecule has 0 fully saturated rings. The number of ether oxygens (including phenoxy) is 1. The number of rotatable bonds is 3. The van der Waals surface area contributed by atoms with Crippen LogP contribution in [0, 0.1) is 0 Å². The molecule has 2 aromatic carbocycles. The van der Waals surface area contributed by atoms with Crippen LogP contribution in [-0.2, 0) is 0 Å². The largest absolute Gasteiger partial charge is 0.495 e. The van der Waals surface area contributed by atoms with Crippen LogP contribution in [0.1, 0.15) is 0 Å². The molecule has 0 spiro atoms. The summed E-state index contributed by atoms with van der Waals surface area (Å²) in [5.74, 6) is 0.579. The quantitative estimate of drug-likeness (QED) is 0.649. The maximum Gasteiger partial charge on any atom is 0.323 e. The van der Waals surface area contributed by atoms with Crippen molar-refractivity contribution in [1.29, 1.82) is 0 Å². The molecule has 7 heteroatoms. The first-order valence-electron chi connectivity index (χ1n) is 5.97. The minimum atomic E-state index is -0.408. The number of amides is 2. The Morgan fingerprint density at radius 3 is 2.57 bits per heavy atom. The van der Waals surface area contributed by atoms with Crippen LogP contribution in [0.15, 0.2) is 45.3 Å². The molecule has 0 atom stereocenters. The molecule has 0 aliphatic rings. The zero-order valence-corrected chi connectivity index (χ0v) is 14.3. The maximum atomic E-state index is 12.1. The fourth-order valence-electron chi connectivity index (χ4n) is 1.74. The minimum Gasteiger partial charge on any atom is -0.495 e. The van der Waals surface area contributed by atoms with Crippen molar-refractivity contribution in [2.24, 2.45) is 0 Å². The molecule has 5 nitrogen and oxygen atoms in total. The Morgan fingerprint density at radius 1 is 1.19 bits per heavy atom. The first-order valence-corrected chi connectivity index (χ1v) is 7.55. The van der Waals surface area contributed by atoms with Crippen molar-refractivity contribution in [3.05, 3.63) is 45.3 Å². The second kappa shape index (κ2) is 6.82.